The molecule has 3 N–H and O–H groups in total. The van der Waals surface area contributed by atoms with Crippen LogP contribution in [0.1, 0.15) is 61.8 Å². The highest BCUT2D eigenvalue weighted by atomic mass is 16.6. The number of anilines is 1. The van der Waals surface area contributed by atoms with Gasteiger partial charge in [-0.05, 0) is 74.6 Å². The summed E-state index contributed by atoms with van der Waals surface area (Å²) in [5, 5.41) is 3.14. The minimum Gasteiger partial charge on any atom is -0.459 e. The predicted molar refractivity (Wildman–Crippen MR) is 163 cm³/mol. The Labute approximate surface area is 250 Å². The average molecular weight is 582 g/mol. The number of carbonyl (C=O) groups is 3. The van der Waals surface area contributed by atoms with E-state index >= 15 is 0 Å². The Kier molecular flexibility index (Phi) is 7.79. The third-order valence-electron chi connectivity index (χ3n) is 7.05. The summed E-state index contributed by atoms with van der Waals surface area (Å²) < 4.78 is 10.9. The first-order valence-corrected chi connectivity index (χ1v) is 14.0. The molecule has 1 aliphatic rings. The van der Waals surface area contributed by atoms with Gasteiger partial charge in [0.2, 0.25) is 5.95 Å². The van der Waals surface area contributed by atoms with Crippen molar-refractivity contribution in [1.82, 2.24) is 20.2 Å². The van der Waals surface area contributed by atoms with Gasteiger partial charge in [-0.2, -0.15) is 0 Å². The number of hydrogen-bond acceptors (Lipinski definition) is 8. The summed E-state index contributed by atoms with van der Waals surface area (Å²) in [5.74, 6) is -0.820. The molecule has 0 saturated carbocycles. The quantitative estimate of drug-likeness (QED) is 0.290. The van der Waals surface area contributed by atoms with Crippen molar-refractivity contribution in [3.05, 3.63) is 89.1 Å². The standard InChI is InChI=1S/C33H35N5O5/c1-32(2,3)43-31(41)37-33(4,5)29(40)42-19-23-12-8-9-13-24(23)20-14-15-26-25(16-20)27(36-30(34)35-26)28(39)38-17-21-10-6-7-11-22(21)18-38/h6-16H,17-19H2,1-5H3,(H,37,41)(H2,34,35,36). The second-order valence-corrected chi connectivity index (χ2v) is 12.1. The van der Waals surface area contributed by atoms with Gasteiger partial charge in [-0.1, -0.05) is 54.6 Å². The van der Waals surface area contributed by atoms with Gasteiger partial charge in [-0.15, -0.1) is 0 Å². The first-order chi connectivity index (χ1) is 20.3. The van der Waals surface area contributed by atoms with Crippen molar-refractivity contribution in [3.8, 4) is 11.1 Å². The second-order valence-electron chi connectivity index (χ2n) is 12.1. The molecule has 1 aliphatic heterocycles. The van der Waals surface area contributed by atoms with Gasteiger partial charge in [-0.3, -0.25) is 4.79 Å². The van der Waals surface area contributed by atoms with Gasteiger partial charge in [0.25, 0.3) is 5.91 Å². The molecule has 0 aliphatic carbocycles. The lowest BCUT2D eigenvalue weighted by atomic mass is 9.98. The fraction of sp³-hybridized carbons (Fsp3) is 0.303. The van der Waals surface area contributed by atoms with E-state index in [0.29, 0.717) is 24.0 Å². The number of nitrogens with one attached hydrogen (secondary N) is 1. The predicted octanol–water partition coefficient (Wildman–Crippen LogP) is 5.38. The molecule has 10 nitrogen and oxygen atoms in total. The van der Waals surface area contributed by atoms with Crippen LogP contribution in [0.15, 0.2) is 66.7 Å². The highest BCUT2D eigenvalue weighted by Gasteiger charge is 2.33. The van der Waals surface area contributed by atoms with Crippen LogP contribution in [0.5, 0.6) is 0 Å². The lowest BCUT2D eigenvalue weighted by Gasteiger charge is -2.27. The van der Waals surface area contributed by atoms with Crippen LogP contribution < -0.4 is 11.1 Å². The molecule has 0 bridgehead atoms. The van der Waals surface area contributed by atoms with E-state index in [-0.39, 0.29) is 24.2 Å². The van der Waals surface area contributed by atoms with Crippen LogP contribution in [0, 0.1) is 0 Å². The van der Waals surface area contributed by atoms with Crippen molar-refractivity contribution in [1.29, 1.82) is 0 Å². The number of nitrogen functional groups attached to an aromatic ring is 1. The molecule has 0 spiro atoms. The first-order valence-electron chi connectivity index (χ1n) is 14.0. The Morgan fingerprint density at radius 3 is 2.23 bits per heavy atom. The number of alkyl carbamates (subject to hydrolysis) is 1. The summed E-state index contributed by atoms with van der Waals surface area (Å²) >= 11 is 0. The molecule has 1 aromatic heterocycles. The van der Waals surface area contributed by atoms with Crippen LogP contribution in [0.4, 0.5) is 10.7 Å². The number of rotatable bonds is 6. The number of amides is 2. The summed E-state index contributed by atoms with van der Waals surface area (Å²) in [5.41, 5.74) is 9.31. The van der Waals surface area contributed by atoms with Crippen molar-refractivity contribution in [2.24, 2.45) is 0 Å². The van der Waals surface area contributed by atoms with Crippen LogP contribution in [0.3, 0.4) is 0 Å². The molecule has 0 saturated heterocycles. The minimum absolute atomic E-state index is 0.0234. The minimum atomic E-state index is -1.32. The Bertz CT molecular complexity index is 1700. The number of hydrogen-bond donors (Lipinski definition) is 2. The largest absolute Gasteiger partial charge is 0.459 e. The molecule has 0 atom stereocenters. The summed E-state index contributed by atoms with van der Waals surface area (Å²) in [6, 6.07) is 21.0. The number of benzene rings is 3. The number of fused-ring (bicyclic) bond motifs is 2. The van der Waals surface area contributed by atoms with Crippen LogP contribution >= 0.6 is 0 Å². The molecule has 10 heteroatoms. The van der Waals surface area contributed by atoms with Gasteiger partial charge < -0.3 is 25.4 Å². The van der Waals surface area contributed by atoms with Crippen molar-refractivity contribution in [2.75, 3.05) is 5.73 Å². The molecule has 4 aromatic rings. The van der Waals surface area contributed by atoms with Gasteiger partial charge in [0.05, 0.1) is 5.52 Å². The fourth-order valence-corrected chi connectivity index (χ4v) is 4.96. The van der Waals surface area contributed by atoms with Crippen LogP contribution in [0.2, 0.25) is 0 Å². The summed E-state index contributed by atoms with van der Waals surface area (Å²) in [7, 11) is 0. The zero-order chi connectivity index (χ0) is 30.9. The normalized spacial score (nSPS) is 13.0. The highest BCUT2D eigenvalue weighted by molar-refractivity contribution is 6.06. The molecule has 0 fully saturated rings. The van der Waals surface area contributed by atoms with Crippen molar-refractivity contribution in [2.45, 2.75) is 65.5 Å². The van der Waals surface area contributed by atoms with E-state index in [0.717, 1.165) is 27.8 Å². The highest BCUT2D eigenvalue weighted by Crippen LogP contribution is 2.31. The lowest BCUT2D eigenvalue weighted by molar-refractivity contribution is -0.151. The molecule has 222 valence electrons. The van der Waals surface area contributed by atoms with Gasteiger partial charge in [0.1, 0.15) is 23.4 Å². The Hall–Kier alpha value is -4.99. The van der Waals surface area contributed by atoms with Gasteiger partial charge in [0.15, 0.2) is 0 Å². The lowest BCUT2D eigenvalue weighted by Crippen LogP contribution is -2.51. The molecule has 5 rings (SSSR count). The Morgan fingerprint density at radius 2 is 1.56 bits per heavy atom. The number of nitrogens with zero attached hydrogens (tertiary/aromatic N) is 3. The maximum atomic E-state index is 13.7. The first kappa shape index (κ1) is 29.5. The zero-order valence-corrected chi connectivity index (χ0v) is 24.9. The molecule has 0 radical (unpaired) electrons. The topological polar surface area (TPSA) is 137 Å². The van der Waals surface area contributed by atoms with Crippen molar-refractivity contribution >= 4 is 34.8 Å². The SMILES string of the molecule is CC(C)(C)OC(=O)NC(C)(C)C(=O)OCc1ccccc1-c1ccc2nc(N)nc(C(=O)N3Cc4ccccc4C3)c2c1. The van der Waals surface area contributed by atoms with Crippen LogP contribution in [-0.4, -0.2) is 44.0 Å². The summed E-state index contributed by atoms with van der Waals surface area (Å²) in [4.78, 5) is 49.4. The van der Waals surface area contributed by atoms with Gasteiger partial charge in [0, 0.05) is 18.5 Å². The summed E-state index contributed by atoms with van der Waals surface area (Å²) in [6.07, 6.45) is -0.711. The number of ether oxygens (including phenoxy) is 2. The fourth-order valence-electron chi connectivity index (χ4n) is 4.96. The maximum absolute atomic E-state index is 13.7. The van der Waals surface area contributed by atoms with E-state index < -0.39 is 23.2 Å². The van der Waals surface area contributed by atoms with Crippen molar-refractivity contribution < 1.29 is 23.9 Å². The molecular formula is C33H35N5O5. The van der Waals surface area contributed by atoms with Crippen LogP contribution in [0.25, 0.3) is 22.0 Å². The van der Waals surface area contributed by atoms with E-state index in [9.17, 15) is 14.4 Å². The second kappa shape index (κ2) is 11.4. The number of carbonyl (C=O) groups excluding carboxylic acids is 3. The number of aromatic nitrogens is 2. The monoisotopic (exact) mass is 581 g/mol. The van der Waals surface area contributed by atoms with E-state index in [1.54, 1.807) is 45.6 Å². The Balaban J connectivity index is 1.39. The third-order valence-corrected chi connectivity index (χ3v) is 7.05. The number of esters is 1. The van der Waals surface area contributed by atoms with Crippen LogP contribution in [-0.2, 0) is 34.0 Å². The van der Waals surface area contributed by atoms with Gasteiger partial charge >= 0.3 is 12.1 Å². The van der Waals surface area contributed by atoms with E-state index in [2.05, 4.69) is 15.3 Å². The molecule has 43 heavy (non-hydrogen) atoms. The molecule has 0 unspecified atom stereocenters. The molecule has 2 amide bonds. The summed E-state index contributed by atoms with van der Waals surface area (Å²) in [6.45, 7) is 9.28. The van der Waals surface area contributed by atoms with E-state index in [1.807, 2.05) is 60.7 Å². The third kappa shape index (κ3) is 6.58. The Morgan fingerprint density at radius 1 is 0.907 bits per heavy atom. The smallest absolute Gasteiger partial charge is 0.408 e. The number of nitrogens with two attached hydrogens (primary N) is 1. The molecular weight excluding hydrogens is 546 g/mol. The van der Waals surface area contributed by atoms with E-state index in [1.165, 1.54) is 0 Å². The van der Waals surface area contributed by atoms with Crippen molar-refractivity contribution in [3.63, 3.8) is 0 Å². The molecule has 3 aromatic carbocycles. The molecule has 2 heterocycles. The maximum Gasteiger partial charge on any atom is 0.408 e. The van der Waals surface area contributed by atoms with Gasteiger partial charge in [-0.25, -0.2) is 19.6 Å². The average Bonchev–Trinajstić information content (AvgIpc) is 3.38. The van der Waals surface area contributed by atoms with E-state index in [4.69, 9.17) is 15.2 Å². The zero-order valence-electron chi connectivity index (χ0n) is 24.9.